The number of hydrogen-bond acceptors (Lipinski definition) is 6. The Kier molecular flexibility index (Phi) is 7.32. The highest BCUT2D eigenvalue weighted by Crippen LogP contribution is 2.32. The fourth-order valence-corrected chi connectivity index (χ4v) is 4.31. The number of halogens is 1. The summed E-state index contributed by atoms with van der Waals surface area (Å²) < 4.78 is 24.3. The molecule has 0 aliphatic carbocycles. The maximum Gasteiger partial charge on any atom is 0.308 e. The summed E-state index contributed by atoms with van der Waals surface area (Å²) in [4.78, 5) is 50.4. The van der Waals surface area contributed by atoms with Crippen LogP contribution in [-0.4, -0.2) is 67.5 Å². The summed E-state index contributed by atoms with van der Waals surface area (Å²) >= 11 is 0. The first kappa shape index (κ1) is 23.5. The van der Waals surface area contributed by atoms with Crippen LogP contribution in [0.3, 0.4) is 0 Å². The van der Waals surface area contributed by atoms with Crippen LogP contribution in [0.15, 0.2) is 18.2 Å². The number of nitrogens with zero attached hydrogens (tertiary/aromatic N) is 1. The monoisotopic (exact) mass is 449 g/mol. The number of carbonyl (C=O) groups is 4. The molecule has 0 aromatic heterocycles. The fraction of sp³-hybridized carbons (Fsp3) is 0.545. The Morgan fingerprint density at radius 3 is 2.72 bits per heavy atom. The molecule has 1 aromatic carbocycles. The van der Waals surface area contributed by atoms with Crippen molar-refractivity contribution in [3.05, 3.63) is 29.6 Å². The smallest absolute Gasteiger partial charge is 0.308 e. The topological polar surface area (TPSA) is 114 Å². The average molecular weight is 449 g/mol. The zero-order valence-electron chi connectivity index (χ0n) is 18.2. The number of nitrogens with one attached hydrogen (secondary N) is 2. The van der Waals surface area contributed by atoms with Crippen LogP contribution >= 0.6 is 0 Å². The van der Waals surface area contributed by atoms with Crippen molar-refractivity contribution in [2.75, 3.05) is 27.3 Å². The lowest BCUT2D eigenvalue weighted by molar-refractivity contribution is -0.150. The van der Waals surface area contributed by atoms with Crippen molar-refractivity contribution in [3.8, 4) is 5.75 Å². The Balaban J connectivity index is 1.73. The van der Waals surface area contributed by atoms with Gasteiger partial charge >= 0.3 is 5.97 Å². The molecule has 174 valence electrons. The van der Waals surface area contributed by atoms with E-state index in [0.717, 1.165) is 0 Å². The Labute approximate surface area is 185 Å². The molecular formula is C22H28FN3O6. The lowest BCUT2D eigenvalue weighted by Gasteiger charge is -2.36. The van der Waals surface area contributed by atoms with E-state index in [4.69, 9.17) is 4.74 Å². The number of rotatable bonds is 8. The molecule has 1 aromatic rings. The zero-order chi connectivity index (χ0) is 23.3. The third-order valence-corrected chi connectivity index (χ3v) is 6.07. The number of esters is 1. The molecule has 10 heteroatoms. The minimum Gasteiger partial charge on any atom is -0.497 e. The van der Waals surface area contributed by atoms with Crippen LogP contribution in [0.5, 0.6) is 5.75 Å². The normalized spacial score (nSPS) is 22.8. The van der Waals surface area contributed by atoms with E-state index in [0.29, 0.717) is 24.3 Å². The van der Waals surface area contributed by atoms with Crippen molar-refractivity contribution < 1.29 is 33.0 Å². The minimum atomic E-state index is -0.936. The van der Waals surface area contributed by atoms with Crippen molar-refractivity contribution in [1.29, 1.82) is 0 Å². The van der Waals surface area contributed by atoms with Gasteiger partial charge in [-0.15, -0.1) is 0 Å². The Bertz CT molecular complexity index is 908. The Morgan fingerprint density at radius 2 is 2.06 bits per heavy atom. The van der Waals surface area contributed by atoms with E-state index >= 15 is 0 Å². The molecule has 3 amide bonds. The lowest BCUT2D eigenvalue weighted by atomic mass is 9.84. The second-order valence-corrected chi connectivity index (χ2v) is 8.14. The molecule has 2 heterocycles. The van der Waals surface area contributed by atoms with Crippen molar-refractivity contribution in [2.24, 2.45) is 0 Å². The van der Waals surface area contributed by atoms with Gasteiger partial charge in [0.05, 0.1) is 20.6 Å². The van der Waals surface area contributed by atoms with Gasteiger partial charge in [-0.05, 0) is 43.0 Å². The molecule has 0 radical (unpaired) electrons. The molecule has 0 saturated carbocycles. The van der Waals surface area contributed by atoms with Crippen molar-refractivity contribution in [1.82, 2.24) is 15.5 Å². The summed E-state index contributed by atoms with van der Waals surface area (Å²) in [6.45, 7) is 0.565. The lowest BCUT2D eigenvalue weighted by Crippen LogP contribution is -2.58. The minimum absolute atomic E-state index is 0.0385. The molecule has 2 saturated heterocycles. The molecule has 2 aliphatic heterocycles. The van der Waals surface area contributed by atoms with Gasteiger partial charge in [0, 0.05) is 31.5 Å². The number of ether oxygens (including phenoxy) is 2. The second-order valence-electron chi connectivity index (χ2n) is 8.14. The summed E-state index contributed by atoms with van der Waals surface area (Å²) in [5.41, 5.74) is -0.393. The van der Waals surface area contributed by atoms with Crippen LogP contribution in [0.25, 0.3) is 0 Å². The maximum atomic E-state index is 14.4. The first-order chi connectivity index (χ1) is 15.3. The first-order valence-electron chi connectivity index (χ1n) is 10.5. The third kappa shape index (κ3) is 5.35. The molecule has 0 spiro atoms. The molecule has 0 unspecified atom stereocenters. The van der Waals surface area contributed by atoms with Gasteiger partial charge in [0.15, 0.2) is 0 Å². The molecule has 32 heavy (non-hydrogen) atoms. The van der Waals surface area contributed by atoms with Gasteiger partial charge in [0.2, 0.25) is 17.7 Å². The van der Waals surface area contributed by atoms with Gasteiger partial charge < -0.3 is 25.0 Å². The number of piperazine rings is 1. The van der Waals surface area contributed by atoms with E-state index in [2.05, 4.69) is 15.4 Å². The summed E-state index contributed by atoms with van der Waals surface area (Å²) in [7, 11) is 2.71. The van der Waals surface area contributed by atoms with Crippen molar-refractivity contribution in [3.63, 3.8) is 0 Å². The highest BCUT2D eigenvalue weighted by atomic mass is 19.1. The first-order valence-corrected chi connectivity index (χ1v) is 10.5. The van der Waals surface area contributed by atoms with E-state index in [9.17, 15) is 23.6 Å². The van der Waals surface area contributed by atoms with Crippen LogP contribution < -0.4 is 15.4 Å². The molecule has 3 rings (SSSR count). The van der Waals surface area contributed by atoms with Gasteiger partial charge in [-0.2, -0.15) is 0 Å². The van der Waals surface area contributed by atoms with E-state index in [1.807, 2.05) is 0 Å². The average Bonchev–Trinajstić information content (AvgIpc) is 3.15. The number of amides is 3. The van der Waals surface area contributed by atoms with Crippen molar-refractivity contribution in [2.45, 2.75) is 50.1 Å². The molecule has 2 fully saturated rings. The molecule has 2 aliphatic rings. The second kappa shape index (κ2) is 9.97. The van der Waals surface area contributed by atoms with Crippen molar-refractivity contribution >= 4 is 23.7 Å². The molecule has 2 atom stereocenters. The fourth-order valence-electron chi connectivity index (χ4n) is 4.31. The van der Waals surface area contributed by atoms with E-state index in [1.165, 1.54) is 31.3 Å². The highest BCUT2D eigenvalue weighted by Gasteiger charge is 2.40. The van der Waals surface area contributed by atoms with Gasteiger partial charge in [-0.3, -0.25) is 19.2 Å². The van der Waals surface area contributed by atoms with Gasteiger partial charge in [0.25, 0.3) is 0 Å². The van der Waals surface area contributed by atoms with Gasteiger partial charge in [-0.1, -0.05) is 0 Å². The van der Waals surface area contributed by atoms with Gasteiger partial charge in [0.1, 0.15) is 17.6 Å². The largest absolute Gasteiger partial charge is 0.497 e. The van der Waals surface area contributed by atoms with E-state index in [1.54, 1.807) is 6.07 Å². The van der Waals surface area contributed by atoms with Gasteiger partial charge in [-0.25, -0.2) is 4.39 Å². The summed E-state index contributed by atoms with van der Waals surface area (Å²) in [6, 6.07) is 3.48. The zero-order valence-corrected chi connectivity index (χ0v) is 18.2. The predicted octanol–water partition coefficient (Wildman–Crippen LogP) is 0.696. The molecule has 9 nitrogen and oxygen atoms in total. The van der Waals surface area contributed by atoms with Crippen LogP contribution in [0.1, 0.15) is 37.7 Å². The molecular weight excluding hydrogens is 421 g/mol. The van der Waals surface area contributed by atoms with Crippen LogP contribution in [0.4, 0.5) is 4.39 Å². The molecule has 2 N–H and O–H groups in total. The number of methoxy groups -OCH3 is 2. The number of hydrogen-bond donors (Lipinski definition) is 2. The summed E-state index contributed by atoms with van der Waals surface area (Å²) in [5, 5.41) is 5.59. The summed E-state index contributed by atoms with van der Waals surface area (Å²) in [6.07, 6.45) is 1.04. The number of benzene rings is 1. The Morgan fingerprint density at radius 1 is 1.28 bits per heavy atom. The standard InChI is InChI=1S/C22H28FN3O6/c1-31-15-3-4-16(23)14(11-15)13-22(7-5-18(27)25-22)8-6-19(28)26-10-9-24-21(30)17(26)12-20(29)32-2/h3-4,11,17H,5-10,12-13H2,1-2H3,(H,24,30)(H,25,27)/t17-,22+/m0/s1. The molecule has 0 bridgehead atoms. The quantitative estimate of drug-likeness (QED) is 0.565. The third-order valence-electron chi connectivity index (χ3n) is 6.07. The predicted molar refractivity (Wildman–Crippen MR) is 111 cm³/mol. The van der Waals surface area contributed by atoms with Crippen LogP contribution in [-0.2, 0) is 30.3 Å². The summed E-state index contributed by atoms with van der Waals surface area (Å²) in [5.74, 6) is -1.36. The van der Waals surface area contributed by atoms with E-state index in [-0.39, 0.29) is 50.5 Å². The van der Waals surface area contributed by atoms with Crippen LogP contribution in [0, 0.1) is 5.82 Å². The van der Waals surface area contributed by atoms with Crippen LogP contribution in [0.2, 0.25) is 0 Å². The highest BCUT2D eigenvalue weighted by molar-refractivity contribution is 5.92. The number of carbonyl (C=O) groups excluding carboxylic acids is 4. The Hall–Kier alpha value is -3.17. The SMILES string of the molecule is COC(=O)C[C@H]1C(=O)NCCN1C(=O)CC[C@@]1(Cc2cc(OC)ccc2F)CCC(=O)N1. The van der Waals surface area contributed by atoms with E-state index < -0.39 is 29.3 Å². The maximum absolute atomic E-state index is 14.4.